The Kier molecular flexibility index (Phi) is 7.85. The molecule has 0 saturated carbocycles. The molecule has 2 fully saturated rings. The van der Waals surface area contributed by atoms with E-state index in [9.17, 15) is 13.2 Å². The summed E-state index contributed by atoms with van der Waals surface area (Å²) in [5.41, 5.74) is 2.31. The number of hydrogen-bond donors (Lipinski definition) is 1. The first-order valence-electron chi connectivity index (χ1n) is 11.5. The van der Waals surface area contributed by atoms with Crippen LogP contribution in [-0.2, 0) is 25.9 Å². The number of aryl methyl sites for hydroxylation is 1. The molecule has 1 aromatic heterocycles. The molecule has 0 unspecified atom stereocenters. The molecule has 2 saturated heterocycles. The minimum Gasteiger partial charge on any atom is -0.467 e. The predicted octanol–water partition coefficient (Wildman–Crippen LogP) is 1.77. The van der Waals surface area contributed by atoms with Crippen LogP contribution >= 0.6 is 0 Å². The zero-order valence-corrected chi connectivity index (χ0v) is 19.9. The number of benzene rings is 1. The van der Waals surface area contributed by atoms with Crippen molar-refractivity contribution in [3.05, 3.63) is 59.5 Å². The van der Waals surface area contributed by atoms with E-state index in [1.807, 2.05) is 6.07 Å². The minimum atomic E-state index is -3.11. The molecule has 0 bridgehead atoms. The molecule has 3 heterocycles. The number of amides is 1. The Hall–Kier alpha value is -2.20. The van der Waals surface area contributed by atoms with E-state index in [4.69, 9.17) is 9.15 Å². The van der Waals surface area contributed by atoms with Gasteiger partial charge in [0.15, 0.2) is 9.84 Å². The summed E-state index contributed by atoms with van der Waals surface area (Å²) in [6.07, 6.45) is 2.03. The molecule has 2 atom stereocenters. The van der Waals surface area contributed by atoms with Crippen LogP contribution in [0.1, 0.15) is 29.3 Å². The molecule has 2 aliphatic heterocycles. The first-order chi connectivity index (χ1) is 15.9. The summed E-state index contributed by atoms with van der Waals surface area (Å²) in [6.45, 7) is 6.38. The van der Waals surface area contributed by atoms with Gasteiger partial charge in [0.05, 0.1) is 44.1 Å². The summed E-state index contributed by atoms with van der Waals surface area (Å²) in [4.78, 5) is 17.3. The number of nitrogens with zero attached hydrogens (tertiary/aromatic N) is 2. The molecular formula is C24H33N3O5S. The lowest BCUT2D eigenvalue weighted by atomic mass is 10.0. The quantitative estimate of drug-likeness (QED) is 0.591. The second-order valence-electron chi connectivity index (χ2n) is 8.92. The number of carbonyl (C=O) groups is 1. The van der Waals surface area contributed by atoms with Gasteiger partial charge in [-0.1, -0.05) is 29.8 Å². The predicted molar refractivity (Wildman–Crippen MR) is 125 cm³/mol. The van der Waals surface area contributed by atoms with E-state index >= 15 is 0 Å². The lowest BCUT2D eigenvalue weighted by molar-refractivity contribution is -0.133. The highest BCUT2D eigenvalue weighted by atomic mass is 32.2. The lowest BCUT2D eigenvalue weighted by Gasteiger charge is -2.32. The highest BCUT2D eigenvalue weighted by Crippen LogP contribution is 2.21. The maximum atomic E-state index is 13.3. The van der Waals surface area contributed by atoms with Gasteiger partial charge >= 0.3 is 0 Å². The Morgan fingerprint density at radius 3 is 2.61 bits per heavy atom. The van der Waals surface area contributed by atoms with Crippen molar-refractivity contribution in [3.8, 4) is 0 Å². The zero-order chi connectivity index (χ0) is 23.3. The molecule has 2 aliphatic rings. The van der Waals surface area contributed by atoms with Gasteiger partial charge in [-0.3, -0.25) is 9.69 Å². The van der Waals surface area contributed by atoms with Crippen LogP contribution in [0.4, 0.5) is 0 Å². The van der Waals surface area contributed by atoms with Gasteiger partial charge in [0, 0.05) is 31.7 Å². The highest BCUT2D eigenvalue weighted by Gasteiger charge is 2.35. The van der Waals surface area contributed by atoms with Gasteiger partial charge in [0.1, 0.15) is 5.76 Å². The summed E-state index contributed by atoms with van der Waals surface area (Å²) >= 11 is 0. The molecule has 0 spiro atoms. The summed E-state index contributed by atoms with van der Waals surface area (Å²) in [5.74, 6) is 0.661. The largest absolute Gasteiger partial charge is 0.467 e. The first kappa shape index (κ1) is 23.9. The van der Waals surface area contributed by atoms with Crippen LogP contribution in [0.3, 0.4) is 0 Å². The minimum absolute atomic E-state index is 0.00855. The molecule has 1 amide bonds. The number of ether oxygens (including phenoxy) is 1. The first-order valence-corrected chi connectivity index (χ1v) is 13.3. The number of nitrogens with one attached hydrogen (secondary N) is 1. The normalized spacial score (nSPS) is 21.7. The SMILES string of the molecule is Cc1ccc([C@H](CN2CCOCC2)NCC(=O)N(Cc2ccco2)[C@H]2CCS(=O)(=O)C2)cc1. The van der Waals surface area contributed by atoms with Crippen molar-refractivity contribution in [2.45, 2.75) is 32.0 Å². The average molecular weight is 476 g/mol. The third-order valence-corrected chi connectivity index (χ3v) is 8.15. The number of furan rings is 1. The van der Waals surface area contributed by atoms with E-state index in [0.29, 0.717) is 25.4 Å². The molecule has 9 heteroatoms. The van der Waals surface area contributed by atoms with Gasteiger partial charge in [0.25, 0.3) is 0 Å². The fourth-order valence-electron chi connectivity index (χ4n) is 4.45. The van der Waals surface area contributed by atoms with E-state index in [1.54, 1.807) is 17.2 Å². The van der Waals surface area contributed by atoms with Crippen LogP contribution in [-0.4, -0.2) is 81.1 Å². The van der Waals surface area contributed by atoms with Gasteiger partial charge in [-0.15, -0.1) is 0 Å². The van der Waals surface area contributed by atoms with Gasteiger partial charge < -0.3 is 19.4 Å². The highest BCUT2D eigenvalue weighted by molar-refractivity contribution is 7.91. The van der Waals surface area contributed by atoms with E-state index in [1.165, 1.54) is 5.56 Å². The van der Waals surface area contributed by atoms with Crippen LogP contribution in [0.5, 0.6) is 0 Å². The van der Waals surface area contributed by atoms with Crippen molar-refractivity contribution < 1.29 is 22.4 Å². The van der Waals surface area contributed by atoms with Gasteiger partial charge in [-0.05, 0) is 31.0 Å². The smallest absolute Gasteiger partial charge is 0.237 e. The summed E-state index contributed by atoms with van der Waals surface area (Å²) in [6, 6.07) is 11.6. The lowest BCUT2D eigenvalue weighted by Crippen LogP contribution is -2.47. The van der Waals surface area contributed by atoms with E-state index in [-0.39, 0.29) is 42.6 Å². The number of hydrogen-bond acceptors (Lipinski definition) is 7. The monoisotopic (exact) mass is 475 g/mol. The van der Waals surface area contributed by atoms with Crippen molar-refractivity contribution in [3.63, 3.8) is 0 Å². The third kappa shape index (κ3) is 6.66. The molecular weight excluding hydrogens is 442 g/mol. The molecule has 180 valence electrons. The summed E-state index contributed by atoms with van der Waals surface area (Å²) < 4.78 is 35.1. The van der Waals surface area contributed by atoms with Crippen LogP contribution < -0.4 is 5.32 Å². The maximum Gasteiger partial charge on any atom is 0.237 e. The Labute approximate surface area is 195 Å². The topological polar surface area (TPSA) is 92.1 Å². The van der Waals surface area contributed by atoms with Gasteiger partial charge in [-0.25, -0.2) is 8.42 Å². The standard InChI is InChI=1S/C24H33N3O5S/c1-19-4-6-20(7-5-19)23(17-26-9-12-31-13-10-26)25-15-24(28)27(16-22-3-2-11-32-22)21-8-14-33(29,30)18-21/h2-7,11,21,23,25H,8-10,12-18H2,1H3/t21-,23-/m0/s1. The zero-order valence-electron chi connectivity index (χ0n) is 19.1. The third-order valence-electron chi connectivity index (χ3n) is 6.40. The van der Waals surface area contributed by atoms with Crippen LogP contribution in [0.2, 0.25) is 0 Å². The summed E-state index contributed by atoms with van der Waals surface area (Å²) in [7, 11) is -3.11. The van der Waals surface area contributed by atoms with Crippen LogP contribution in [0.15, 0.2) is 47.1 Å². The van der Waals surface area contributed by atoms with Crippen molar-refractivity contribution in [2.75, 3.05) is 50.9 Å². The number of sulfone groups is 1. The Bertz CT molecular complexity index is 1000. The number of carbonyl (C=O) groups excluding carboxylic acids is 1. The number of rotatable bonds is 9. The van der Waals surface area contributed by atoms with Crippen molar-refractivity contribution >= 4 is 15.7 Å². The van der Waals surface area contributed by atoms with Crippen LogP contribution in [0.25, 0.3) is 0 Å². The molecule has 33 heavy (non-hydrogen) atoms. The van der Waals surface area contributed by atoms with Crippen LogP contribution in [0, 0.1) is 6.92 Å². The van der Waals surface area contributed by atoms with E-state index in [0.717, 1.165) is 25.2 Å². The molecule has 4 rings (SSSR count). The number of morpholine rings is 1. The fourth-order valence-corrected chi connectivity index (χ4v) is 6.18. The second-order valence-corrected chi connectivity index (χ2v) is 11.1. The molecule has 2 aromatic rings. The van der Waals surface area contributed by atoms with Crippen molar-refractivity contribution in [1.29, 1.82) is 0 Å². The Morgan fingerprint density at radius 2 is 1.97 bits per heavy atom. The molecule has 0 radical (unpaired) electrons. The molecule has 8 nitrogen and oxygen atoms in total. The van der Waals surface area contributed by atoms with E-state index < -0.39 is 9.84 Å². The second kappa shape index (κ2) is 10.8. The van der Waals surface area contributed by atoms with Crippen molar-refractivity contribution in [1.82, 2.24) is 15.1 Å². The van der Waals surface area contributed by atoms with Gasteiger partial charge in [-0.2, -0.15) is 0 Å². The average Bonchev–Trinajstić information content (AvgIpc) is 3.45. The maximum absolute atomic E-state index is 13.3. The fraction of sp³-hybridized carbons (Fsp3) is 0.542. The van der Waals surface area contributed by atoms with E-state index in [2.05, 4.69) is 41.4 Å². The van der Waals surface area contributed by atoms with Crippen molar-refractivity contribution in [2.24, 2.45) is 0 Å². The molecule has 1 aromatic carbocycles. The Balaban J connectivity index is 1.46. The summed E-state index contributed by atoms with van der Waals surface area (Å²) in [5, 5.41) is 3.45. The van der Waals surface area contributed by atoms with Gasteiger partial charge in [0.2, 0.25) is 5.91 Å². The molecule has 0 aliphatic carbocycles. The molecule has 1 N–H and O–H groups in total. The Morgan fingerprint density at radius 1 is 1.21 bits per heavy atom.